The number of aromatic amines is 1. The zero-order chi connectivity index (χ0) is 25.5. The maximum atomic E-state index is 13.1. The maximum absolute atomic E-state index is 13.1. The molecule has 2 heterocycles. The summed E-state index contributed by atoms with van der Waals surface area (Å²) in [4.78, 5) is 30.5. The molecule has 0 aliphatic carbocycles. The van der Waals surface area contributed by atoms with Crippen LogP contribution in [0.25, 0.3) is 10.9 Å². The average molecular weight is 489 g/mol. The Balaban J connectivity index is 1.73. The van der Waals surface area contributed by atoms with Gasteiger partial charge >= 0.3 is 5.97 Å². The highest BCUT2D eigenvalue weighted by molar-refractivity contribution is 5.79. The number of fused-ring (bicyclic) bond motifs is 1. The highest BCUT2D eigenvalue weighted by atomic mass is 16.5. The van der Waals surface area contributed by atoms with Gasteiger partial charge in [-0.3, -0.25) is 14.5 Å². The molecule has 0 aliphatic rings. The van der Waals surface area contributed by atoms with Gasteiger partial charge in [0, 0.05) is 24.2 Å². The molecule has 0 fully saturated rings. The van der Waals surface area contributed by atoms with Gasteiger partial charge in [-0.1, -0.05) is 55.3 Å². The van der Waals surface area contributed by atoms with Gasteiger partial charge in [0.1, 0.15) is 6.54 Å². The fraction of sp³-hybridized carbons (Fsp3) is 0.370. The molecule has 188 valence electrons. The largest absolute Gasteiger partial charge is 0.465 e. The first kappa shape index (κ1) is 25.2. The number of ether oxygens (including phenoxy) is 1. The lowest BCUT2D eigenvalue weighted by Crippen LogP contribution is -2.33. The van der Waals surface area contributed by atoms with E-state index in [4.69, 9.17) is 4.74 Å². The second kappa shape index (κ2) is 11.7. The molecule has 36 heavy (non-hydrogen) atoms. The van der Waals surface area contributed by atoms with Crippen LogP contribution in [0.2, 0.25) is 0 Å². The molecule has 9 nitrogen and oxygen atoms in total. The summed E-state index contributed by atoms with van der Waals surface area (Å²) in [5, 5.41) is 13.2. The highest BCUT2D eigenvalue weighted by Crippen LogP contribution is 2.28. The summed E-state index contributed by atoms with van der Waals surface area (Å²) in [6.07, 6.45) is 1.62. The van der Waals surface area contributed by atoms with Crippen LogP contribution in [0.3, 0.4) is 0 Å². The fourth-order valence-electron chi connectivity index (χ4n) is 4.44. The quantitative estimate of drug-likeness (QED) is 0.319. The molecule has 2 aromatic heterocycles. The Labute approximate surface area is 210 Å². The van der Waals surface area contributed by atoms with E-state index >= 15 is 0 Å². The van der Waals surface area contributed by atoms with Gasteiger partial charge < -0.3 is 9.72 Å². The topological polar surface area (TPSA) is 106 Å². The number of aryl methyl sites for hydroxylation is 1. The van der Waals surface area contributed by atoms with Crippen molar-refractivity contribution >= 4 is 16.9 Å². The number of H-pyrrole nitrogens is 1. The molecule has 0 saturated heterocycles. The minimum atomic E-state index is -0.391. The van der Waals surface area contributed by atoms with Gasteiger partial charge in [-0.25, -0.2) is 4.68 Å². The van der Waals surface area contributed by atoms with E-state index in [2.05, 4.69) is 50.5 Å². The SMILES string of the molecule is CCCC(c1nnnn1CC(=O)OCC)N(Cc1ccccc1)Cc1cc2cc(C)ccc2[nH]c1=O. The number of carbonyl (C=O) groups is 1. The number of tetrazole rings is 1. The van der Waals surface area contributed by atoms with Crippen molar-refractivity contribution in [1.29, 1.82) is 0 Å². The first-order chi connectivity index (χ1) is 17.5. The van der Waals surface area contributed by atoms with Gasteiger partial charge in [-0.05, 0) is 59.8 Å². The van der Waals surface area contributed by atoms with E-state index < -0.39 is 5.97 Å². The van der Waals surface area contributed by atoms with Crippen LogP contribution in [-0.4, -0.2) is 42.7 Å². The Kier molecular flexibility index (Phi) is 8.22. The first-order valence-electron chi connectivity index (χ1n) is 12.3. The number of benzene rings is 2. The zero-order valence-electron chi connectivity index (χ0n) is 21.0. The number of pyridine rings is 1. The Morgan fingerprint density at radius 2 is 1.92 bits per heavy atom. The summed E-state index contributed by atoms with van der Waals surface area (Å²) in [6, 6.07) is 17.8. The van der Waals surface area contributed by atoms with Crippen LogP contribution < -0.4 is 5.56 Å². The first-order valence-corrected chi connectivity index (χ1v) is 12.3. The number of rotatable bonds is 11. The summed E-state index contributed by atoms with van der Waals surface area (Å²) in [7, 11) is 0. The van der Waals surface area contributed by atoms with Crippen molar-refractivity contribution in [3.8, 4) is 0 Å². The molecular formula is C27H32N6O3. The molecule has 0 spiro atoms. The van der Waals surface area contributed by atoms with Gasteiger partial charge in [0.2, 0.25) is 0 Å². The summed E-state index contributed by atoms with van der Waals surface area (Å²) >= 11 is 0. The molecule has 0 bridgehead atoms. The monoisotopic (exact) mass is 488 g/mol. The number of esters is 1. The van der Waals surface area contributed by atoms with Crippen molar-refractivity contribution in [2.24, 2.45) is 0 Å². The lowest BCUT2D eigenvalue weighted by Gasteiger charge is -2.31. The molecule has 1 unspecified atom stereocenters. The molecule has 0 saturated carbocycles. The summed E-state index contributed by atoms with van der Waals surface area (Å²) < 4.78 is 6.62. The van der Waals surface area contributed by atoms with E-state index in [1.807, 2.05) is 43.3 Å². The second-order valence-electron chi connectivity index (χ2n) is 8.91. The molecular weight excluding hydrogens is 456 g/mol. The number of hydrogen-bond donors (Lipinski definition) is 1. The Bertz CT molecular complexity index is 1360. The third kappa shape index (κ3) is 6.04. The molecule has 0 amide bonds. The van der Waals surface area contributed by atoms with Gasteiger partial charge in [-0.15, -0.1) is 5.10 Å². The van der Waals surface area contributed by atoms with Crippen molar-refractivity contribution in [2.75, 3.05) is 6.61 Å². The van der Waals surface area contributed by atoms with Crippen molar-refractivity contribution < 1.29 is 9.53 Å². The Hall–Kier alpha value is -3.85. The third-order valence-corrected chi connectivity index (χ3v) is 6.12. The molecule has 1 atom stereocenters. The smallest absolute Gasteiger partial charge is 0.327 e. The van der Waals surface area contributed by atoms with E-state index in [9.17, 15) is 9.59 Å². The second-order valence-corrected chi connectivity index (χ2v) is 8.91. The fourth-order valence-corrected chi connectivity index (χ4v) is 4.44. The number of carbonyl (C=O) groups excluding carboxylic acids is 1. The van der Waals surface area contributed by atoms with Crippen molar-refractivity contribution in [3.63, 3.8) is 0 Å². The summed E-state index contributed by atoms with van der Waals surface area (Å²) in [6.45, 7) is 7.10. The molecule has 4 aromatic rings. The maximum Gasteiger partial charge on any atom is 0.327 e. The van der Waals surface area contributed by atoms with Gasteiger partial charge in [0.05, 0.1) is 12.6 Å². The highest BCUT2D eigenvalue weighted by Gasteiger charge is 2.27. The Morgan fingerprint density at radius 1 is 1.11 bits per heavy atom. The van der Waals surface area contributed by atoms with Crippen molar-refractivity contribution in [2.45, 2.75) is 59.3 Å². The molecule has 0 radical (unpaired) electrons. The minimum absolute atomic E-state index is 0.0641. The van der Waals surface area contributed by atoms with Crippen LogP contribution in [0.15, 0.2) is 59.4 Å². The summed E-state index contributed by atoms with van der Waals surface area (Å²) in [5.41, 5.74) is 3.59. The van der Waals surface area contributed by atoms with Crippen LogP contribution in [0.5, 0.6) is 0 Å². The van der Waals surface area contributed by atoms with E-state index in [-0.39, 0.29) is 18.1 Å². The molecule has 9 heteroatoms. The summed E-state index contributed by atoms with van der Waals surface area (Å²) in [5.74, 6) is 0.186. The van der Waals surface area contributed by atoms with E-state index in [1.54, 1.807) is 6.92 Å². The number of nitrogens with zero attached hydrogens (tertiary/aromatic N) is 5. The van der Waals surface area contributed by atoms with Crippen LogP contribution in [-0.2, 0) is 29.2 Å². The van der Waals surface area contributed by atoms with E-state index in [0.29, 0.717) is 31.1 Å². The van der Waals surface area contributed by atoms with Crippen LogP contribution >= 0.6 is 0 Å². The third-order valence-electron chi connectivity index (χ3n) is 6.12. The number of aromatic nitrogens is 5. The van der Waals surface area contributed by atoms with Crippen LogP contribution in [0.1, 0.15) is 55.2 Å². The van der Waals surface area contributed by atoms with Gasteiger partial charge in [0.15, 0.2) is 5.82 Å². The van der Waals surface area contributed by atoms with Crippen LogP contribution in [0, 0.1) is 6.92 Å². The normalized spacial score (nSPS) is 12.2. The van der Waals surface area contributed by atoms with E-state index in [0.717, 1.165) is 34.9 Å². The molecule has 0 aliphatic heterocycles. The lowest BCUT2D eigenvalue weighted by molar-refractivity contribution is -0.144. The standard InChI is InChI=1S/C27H32N6O3/c1-4-9-24(26-29-30-31-33(26)18-25(34)36-5-2)32(16-20-10-7-6-8-11-20)17-22-15-21-14-19(3)12-13-23(21)28-27(22)35/h6-8,10-15,24H,4-5,9,16-18H2,1-3H3,(H,28,35). The predicted molar refractivity (Wildman–Crippen MR) is 137 cm³/mol. The molecule has 1 N–H and O–H groups in total. The Morgan fingerprint density at radius 3 is 2.67 bits per heavy atom. The molecule has 2 aromatic carbocycles. The van der Waals surface area contributed by atoms with E-state index in [1.165, 1.54) is 4.68 Å². The molecule has 4 rings (SSSR count). The lowest BCUT2D eigenvalue weighted by atomic mass is 10.0. The average Bonchev–Trinajstić information content (AvgIpc) is 3.31. The minimum Gasteiger partial charge on any atom is -0.465 e. The van der Waals surface area contributed by atoms with Crippen LogP contribution in [0.4, 0.5) is 0 Å². The number of nitrogens with one attached hydrogen (secondary N) is 1. The number of hydrogen-bond acceptors (Lipinski definition) is 7. The van der Waals surface area contributed by atoms with Gasteiger partial charge in [0.25, 0.3) is 5.56 Å². The van der Waals surface area contributed by atoms with Crippen molar-refractivity contribution in [1.82, 2.24) is 30.1 Å². The van der Waals surface area contributed by atoms with Gasteiger partial charge in [-0.2, -0.15) is 0 Å². The predicted octanol–water partition coefficient (Wildman–Crippen LogP) is 3.93. The van der Waals surface area contributed by atoms with Crippen molar-refractivity contribution in [3.05, 3.63) is 87.5 Å². The zero-order valence-corrected chi connectivity index (χ0v) is 21.0.